The Kier molecular flexibility index (Phi) is 4.80. The Morgan fingerprint density at radius 1 is 1.71 bits per heavy atom. The van der Waals surface area contributed by atoms with Crippen molar-refractivity contribution in [3.05, 3.63) is 0 Å². The van der Waals surface area contributed by atoms with Crippen LogP contribution >= 0.6 is 0 Å². The standard InChI is InChI=1S/C5H8O2/c1-3-5-7-6-4-2/h2H,3,5H2,1H3. The van der Waals surface area contributed by atoms with Crippen molar-refractivity contribution in [3.63, 3.8) is 0 Å². The van der Waals surface area contributed by atoms with Crippen molar-refractivity contribution in [1.82, 2.24) is 0 Å². The molecule has 0 fully saturated rings. The van der Waals surface area contributed by atoms with Crippen LogP contribution in [-0.4, -0.2) is 6.61 Å². The van der Waals surface area contributed by atoms with E-state index in [4.69, 9.17) is 0 Å². The lowest BCUT2D eigenvalue weighted by atomic mass is 10.5. The Morgan fingerprint density at radius 3 is 2.86 bits per heavy atom. The first kappa shape index (κ1) is 6.32. The van der Waals surface area contributed by atoms with E-state index in [-0.39, 0.29) is 0 Å². The molecule has 0 aliphatic rings. The van der Waals surface area contributed by atoms with E-state index >= 15 is 0 Å². The lowest BCUT2D eigenvalue weighted by Gasteiger charge is -1.90. The lowest BCUT2D eigenvalue weighted by Crippen LogP contribution is -1.87. The molecule has 40 valence electrons. The summed E-state index contributed by atoms with van der Waals surface area (Å²) in [5.74, 6) is 0. The van der Waals surface area contributed by atoms with Crippen molar-refractivity contribution in [2.75, 3.05) is 6.61 Å². The van der Waals surface area contributed by atoms with E-state index in [0.717, 1.165) is 6.42 Å². The average Bonchev–Trinajstić information content (AvgIpc) is 1.69. The molecule has 0 aromatic carbocycles. The van der Waals surface area contributed by atoms with Gasteiger partial charge in [-0.15, -0.1) is 0 Å². The highest BCUT2D eigenvalue weighted by Crippen LogP contribution is 1.77. The molecule has 0 aromatic rings. The highest BCUT2D eigenvalue weighted by Gasteiger charge is 1.76. The molecule has 2 nitrogen and oxygen atoms in total. The van der Waals surface area contributed by atoms with Gasteiger partial charge in [-0.2, -0.15) is 4.89 Å². The number of hydrogen-bond donors (Lipinski definition) is 0. The van der Waals surface area contributed by atoms with Crippen molar-refractivity contribution in [1.29, 1.82) is 0 Å². The first-order valence-corrected chi connectivity index (χ1v) is 2.16. The summed E-state index contributed by atoms with van der Waals surface area (Å²) in [6.07, 6.45) is 7.47. The molecule has 0 aliphatic heterocycles. The van der Waals surface area contributed by atoms with Crippen LogP contribution in [0.2, 0.25) is 0 Å². The Bertz CT molecular complexity index is 63.0. The van der Waals surface area contributed by atoms with Crippen LogP contribution in [0, 0.1) is 12.5 Å². The van der Waals surface area contributed by atoms with Gasteiger partial charge in [-0.3, -0.25) is 4.89 Å². The predicted molar refractivity (Wildman–Crippen MR) is 26.2 cm³/mol. The van der Waals surface area contributed by atoms with Crippen LogP contribution in [0.15, 0.2) is 0 Å². The molecule has 2 heteroatoms. The monoisotopic (exact) mass is 100 g/mol. The second-order valence-corrected chi connectivity index (χ2v) is 1.02. The van der Waals surface area contributed by atoms with Gasteiger partial charge >= 0.3 is 0 Å². The minimum absolute atomic E-state index is 0.560. The maximum Gasteiger partial charge on any atom is 0.153 e. The van der Waals surface area contributed by atoms with Crippen molar-refractivity contribution in [3.8, 4) is 12.5 Å². The van der Waals surface area contributed by atoms with Gasteiger partial charge in [-0.25, -0.2) is 0 Å². The van der Waals surface area contributed by atoms with E-state index in [1.807, 2.05) is 13.0 Å². The van der Waals surface area contributed by atoms with Gasteiger partial charge in [0.05, 0.1) is 6.61 Å². The van der Waals surface area contributed by atoms with Crippen LogP contribution in [0.4, 0.5) is 0 Å². The van der Waals surface area contributed by atoms with E-state index in [9.17, 15) is 0 Å². The molecule has 0 spiro atoms. The van der Waals surface area contributed by atoms with Crippen LogP contribution < -0.4 is 0 Å². The van der Waals surface area contributed by atoms with E-state index in [1.165, 1.54) is 0 Å². The van der Waals surface area contributed by atoms with E-state index in [0.29, 0.717) is 6.61 Å². The summed E-state index contributed by atoms with van der Waals surface area (Å²) in [5, 5.41) is 0. The fraction of sp³-hybridized carbons (Fsp3) is 0.600. The number of hydrogen-bond acceptors (Lipinski definition) is 2. The predicted octanol–water partition coefficient (Wildman–Crippen LogP) is 0.935. The topological polar surface area (TPSA) is 18.5 Å². The summed E-state index contributed by atoms with van der Waals surface area (Å²) >= 11 is 0. The highest BCUT2D eigenvalue weighted by atomic mass is 17.2. The summed E-state index contributed by atoms with van der Waals surface area (Å²) in [6.45, 7) is 2.53. The van der Waals surface area contributed by atoms with Crippen LogP contribution in [0.3, 0.4) is 0 Å². The zero-order valence-corrected chi connectivity index (χ0v) is 4.31. The molecule has 0 amide bonds. The highest BCUT2D eigenvalue weighted by molar-refractivity contribution is 4.64. The molecule has 0 bridgehead atoms. The Morgan fingerprint density at radius 2 is 2.43 bits per heavy atom. The van der Waals surface area contributed by atoms with Crippen LogP contribution in [0.25, 0.3) is 0 Å². The SMILES string of the molecule is C#COOCCC. The molecule has 0 radical (unpaired) electrons. The Labute approximate surface area is 43.4 Å². The summed E-state index contributed by atoms with van der Waals surface area (Å²) in [7, 11) is 0. The third kappa shape index (κ3) is 5.32. The quantitative estimate of drug-likeness (QED) is 0.227. The maximum absolute atomic E-state index is 4.67. The largest absolute Gasteiger partial charge is 0.283 e. The van der Waals surface area contributed by atoms with Gasteiger partial charge in [0.25, 0.3) is 0 Å². The first-order valence-electron chi connectivity index (χ1n) is 2.16. The third-order valence-electron chi connectivity index (χ3n) is 0.394. The zero-order valence-electron chi connectivity index (χ0n) is 4.31. The molecule has 7 heavy (non-hydrogen) atoms. The van der Waals surface area contributed by atoms with Gasteiger partial charge in [-0.1, -0.05) is 13.3 Å². The fourth-order valence-electron chi connectivity index (χ4n) is 0.159. The molecule has 0 saturated heterocycles. The van der Waals surface area contributed by atoms with Gasteiger partial charge in [-0.05, 0) is 6.42 Å². The maximum atomic E-state index is 4.67. The molecular formula is C5H8O2. The second kappa shape index (κ2) is 5.32. The molecule has 0 aliphatic carbocycles. The summed E-state index contributed by atoms with van der Waals surface area (Å²) in [6, 6.07) is 0. The molecule has 0 rings (SSSR count). The molecule has 0 atom stereocenters. The Balaban J connectivity index is 2.60. The number of rotatable bonds is 3. The van der Waals surface area contributed by atoms with Gasteiger partial charge < -0.3 is 0 Å². The van der Waals surface area contributed by atoms with Gasteiger partial charge in [0.15, 0.2) is 6.11 Å². The minimum Gasteiger partial charge on any atom is -0.283 e. The van der Waals surface area contributed by atoms with E-state index in [1.54, 1.807) is 0 Å². The van der Waals surface area contributed by atoms with E-state index < -0.39 is 0 Å². The van der Waals surface area contributed by atoms with Crippen molar-refractivity contribution < 1.29 is 9.78 Å². The van der Waals surface area contributed by atoms with Crippen molar-refractivity contribution >= 4 is 0 Å². The first-order chi connectivity index (χ1) is 3.41. The van der Waals surface area contributed by atoms with Gasteiger partial charge in [0.1, 0.15) is 0 Å². The third-order valence-corrected chi connectivity index (χ3v) is 0.394. The summed E-state index contributed by atoms with van der Waals surface area (Å²) in [4.78, 5) is 8.50. The zero-order chi connectivity index (χ0) is 5.54. The van der Waals surface area contributed by atoms with E-state index in [2.05, 4.69) is 16.2 Å². The second-order valence-electron chi connectivity index (χ2n) is 1.02. The molecule has 0 saturated carbocycles. The average molecular weight is 100 g/mol. The van der Waals surface area contributed by atoms with Crippen molar-refractivity contribution in [2.45, 2.75) is 13.3 Å². The van der Waals surface area contributed by atoms with Crippen molar-refractivity contribution in [2.24, 2.45) is 0 Å². The van der Waals surface area contributed by atoms with Crippen LogP contribution in [0.1, 0.15) is 13.3 Å². The minimum atomic E-state index is 0.560. The smallest absolute Gasteiger partial charge is 0.153 e. The molecule has 0 unspecified atom stereocenters. The summed E-state index contributed by atoms with van der Waals surface area (Å²) in [5.41, 5.74) is 0. The molecule has 0 aromatic heterocycles. The summed E-state index contributed by atoms with van der Waals surface area (Å²) < 4.78 is 0. The molecule has 0 N–H and O–H groups in total. The van der Waals surface area contributed by atoms with Crippen LogP contribution in [-0.2, 0) is 9.78 Å². The fourth-order valence-corrected chi connectivity index (χ4v) is 0.159. The van der Waals surface area contributed by atoms with Gasteiger partial charge in [0.2, 0.25) is 0 Å². The van der Waals surface area contributed by atoms with Gasteiger partial charge in [0, 0.05) is 0 Å². The lowest BCUT2D eigenvalue weighted by molar-refractivity contribution is -0.235. The Hall–Kier alpha value is -0.680. The normalized spacial score (nSPS) is 7.43. The molecular weight excluding hydrogens is 92.1 g/mol. The number of terminal acetylenes is 1. The molecule has 0 heterocycles. The van der Waals surface area contributed by atoms with Crippen LogP contribution in [0.5, 0.6) is 0 Å².